The zero-order chi connectivity index (χ0) is 20.0. The molecule has 0 bridgehead atoms. The Morgan fingerprint density at radius 3 is 1.41 bits per heavy atom. The van der Waals surface area contributed by atoms with Crippen molar-refractivity contribution in [3.63, 3.8) is 0 Å². The lowest BCUT2D eigenvalue weighted by Crippen LogP contribution is -2.36. The molecule has 148 valence electrons. The first-order valence-electron chi connectivity index (χ1n) is 8.63. The molecule has 0 aliphatic rings. The van der Waals surface area contributed by atoms with Crippen molar-refractivity contribution in [2.24, 2.45) is 0 Å². The van der Waals surface area contributed by atoms with E-state index in [9.17, 15) is 0 Å². The van der Waals surface area contributed by atoms with E-state index in [-0.39, 0.29) is 6.10 Å². The molecule has 2 aromatic rings. The summed E-state index contributed by atoms with van der Waals surface area (Å²) in [5.41, 5.74) is 1.40. The maximum atomic E-state index is 6.33. The molecule has 0 amide bonds. The third kappa shape index (κ3) is 4.12. The third-order valence-corrected chi connectivity index (χ3v) is 4.22. The highest BCUT2D eigenvalue weighted by Gasteiger charge is 2.42. The van der Waals surface area contributed by atoms with Crippen LogP contribution in [0.15, 0.2) is 36.4 Å². The lowest BCUT2D eigenvalue weighted by Gasteiger charge is -2.36. The highest BCUT2D eigenvalue weighted by molar-refractivity contribution is 5.52. The average Bonchev–Trinajstić information content (AvgIpc) is 2.70. The van der Waals surface area contributed by atoms with Gasteiger partial charge in [-0.15, -0.1) is 0 Å². The van der Waals surface area contributed by atoms with Crippen LogP contribution in [0.4, 0.5) is 0 Å². The molecule has 2 rings (SSSR count). The molecule has 6 heteroatoms. The highest BCUT2D eigenvalue weighted by atomic mass is 16.7. The normalized spacial score (nSPS) is 11.4. The van der Waals surface area contributed by atoms with Gasteiger partial charge in [-0.25, -0.2) is 0 Å². The quantitative estimate of drug-likeness (QED) is 0.617. The van der Waals surface area contributed by atoms with Gasteiger partial charge in [0.25, 0.3) is 0 Å². The Morgan fingerprint density at radius 2 is 1.11 bits per heavy atom. The molecule has 0 aliphatic carbocycles. The maximum Gasteiger partial charge on any atom is 0.229 e. The molecular weight excluding hydrogens is 348 g/mol. The number of hydrogen-bond donors (Lipinski definition) is 0. The van der Waals surface area contributed by atoms with E-state index in [2.05, 4.69) is 0 Å². The molecule has 0 fully saturated rings. The Balaban J connectivity index is 2.78. The summed E-state index contributed by atoms with van der Waals surface area (Å²) < 4.78 is 34.2. The van der Waals surface area contributed by atoms with E-state index < -0.39 is 5.79 Å². The fraction of sp³-hybridized carbons (Fsp3) is 0.429. The van der Waals surface area contributed by atoms with Crippen molar-refractivity contribution in [3.05, 3.63) is 47.5 Å². The van der Waals surface area contributed by atoms with E-state index in [0.29, 0.717) is 34.1 Å². The summed E-state index contributed by atoms with van der Waals surface area (Å²) in [5.74, 6) is 1.26. The Labute approximate surface area is 160 Å². The van der Waals surface area contributed by atoms with Gasteiger partial charge in [-0.05, 0) is 38.1 Å². The summed E-state index contributed by atoms with van der Waals surface area (Å²) in [6.45, 7) is 3.89. The van der Waals surface area contributed by atoms with Crippen molar-refractivity contribution < 1.29 is 28.4 Å². The van der Waals surface area contributed by atoms with Crippen LogP contribution in [0.1, 0.15) is 25.0 Å². The Morgan fingerprint density at radius 1 is 0.667 bits per heavy atom. The molecule has 0 aliphatic heterocycles. The zero-order valence-electron chi connectivity index (χ0n) is 17.0. The monoisotopic (exact) mass is 376 g/mol. The molecule has 27 heavy (non-hydrogen) atoms. The van der Waals surface area contributed by atoms with Crippen LogP contribution in [0, 0.1) is 0 Å². The molecule has 0 N–H and O–H groups in total. The third-order valence-electron chi connectivity index (χ3n) is 4.22. The summed E-state index contributed by atoms with van der Waals surface area (Å²) >= 11 is 0. The predicted octanol–water partition coefficient (Wildman–Crippen LogP) is 3.99. The van der Waals surface area contributed by atoms with Crippen LogP contribution in [0.2, 0.25) is 0 Å². The Bertz CT molecular complexity index is 701. The topological polar surface area (TPSA) is 55.4 Å². The van der Waals surface area contributed by atoms with Crippen LogP contribution >= 0.6 is 0 Å². The first-order chi connectivity index (χ1) is 12.9. The Kier molecular flexibility index (Phi) is 6.93. The molecule has 0 saturated heterocycles. The van der Waals surface area contributed by atoms with E-state index in [1.165, 1.54) is 0 Å². The number of benzene rings is 2. The lowest BCUT2D eigenvalue weighted by molar-refractivity contribution is -0.222. The largest absolute Gasteiger partial charge is 0.497 e. The molecule has 2 aromatic carbocycles. The van der Waals surface area contributed by atoms with Crippen LogP contribution in [0.5, 0.6) is 23.0 Å². The van der Waals surface area contributed by atoms with Crippen molar-refractivity contribution in [1.29, 1.82) is 0 Å². The first-order valence-corrected chi connectivity index (χ1v) is 8.63. The average molecular weight is 376 g/mol. The van der Waals surface area contributed by atoms with E-state index in [0.717, 1.165) is 0 Å². The Hall–Kier alpha value is -2.44. The van der Waals surface area contributed by atoms with Crippen molar-refractivity contribution >= 4 is 0 Å². The van der Waals surface area contributed by atoms with Crippen LogP contribution in [-0.4, -0.2) is 41.7 Å². The van der Waals surface area contributed by atoms with Crippen LogP contribution in [0.25, 0.3) is 0 Å². The molecule has 0 atom stereocenters. The van der Waals surface area contributed by atoms with Crippen molar-refractivity contribution in [3.8, 4) is 23.0 Å². The molecule has 0 aromatic heterocycles. The van der Waals surface area contributed by atoms with E-state index in [1.807, 2.05) is 38.1 Å². The molecule has 0 heterocycles. The molecule has 0 unspecified atom stereocenters. The van der Waals surface area contributed by atoms with Crippen LogP contribution in [0.3, 0.4) is 0 Å². The van der Waals surface area contributed by atoms with Gasteiger partial charge in [0.2, 0.25) is 5.79 Å². The first kappa shape index (κ1) is 20.9. The van der Waals surface area contributed by atoms with E-state index >= 15 is 0 Å². The van der Waals surface area contributed by atoms with Gasteiger partial charge in [0.1, 0.15) is 23.0 Å². The highest BCUT2D eigenvalue weighted by Crippen LogP contribution is 2.45. The molecule has 0 saturated carbocycles. The standard InChI is InChI=1S/C21H28O6/c1-14(2)27-21(26-7,17-10-8-15(22-3)12-19(17)24-5)18-11-9-16(23-4)13-20(18)25-6/h8-14H,1-7H3. The summed E-state index contributed by atoms with van der Waals surface area (Å²) in [4.78, 5) is 0. The van der Waals surface area contributed by atoms with Crippen LogP contribution < -0.4 is 18.9 Å². The second-order valence-electron chi connectivity index (χ2n) is 6.12. The van der Waals surface area contributed by atoms with Crippen molar-refractivity contribution in [2.75, 3.05) is 35.5 Å². The number of rotatable bonds is 9. The number of ether oxygens (including phenoxy) is 6. The maximum absolute atomic E-state index is 6.33. The van der Waals surface area contributed by atoms with Gasteiger partial charge in [0.15, 0.2) is 0 Å². The van der Waals surface area contributed by atoms with Crippen molar-refractivity contribution in [2.45, 2.75) is 25.7 Å². The van der Waals surface area contributed by atoms with Crippen molar-refractivity contribution in [1.82, 2.24) is 0 Å². The minimum atomic E-state index is -1.25. The van der Waals surface area contributed by atoms with E-state index in [1.54, 1.807) is 47.7 Å². The lowest BCUT2D eigenvalue weighted by atomic mass is 9.94. The van der Waals surface area contributed by atoms with Gasteiger partial charge >= 0.3 is 0 Å². The second kappa shape index (κ2) is 8.97. The van der Waals surface area contributed by atoms with E-state index in [4.69, 9.17) is 28.4 Å². The number of methoxy groups -OCH3 is 5. The molecule has 0 spiro atoms. The number of hydrogen-bond acceptors (Lipinski definition) is 6. The second-order valence-corrected chi connectivity index (χ2v) is 6.12. The molecular formula is C21H28O6. The summed E-state index contributed by atoms with van der Waals surface area (Å²) in [5, 5.41) is 0. The predicted molar refractivity (Wildman–Crippen MR) is 103 cm³/mol. The fourth-order valence-electron chi connectivity index (χ4n) is 3.01. The van der Waals surface area contributed by atoms with Crippen LogP contribution in [-0.2, 0) is 15.3 Å². The van der Waals surface area contributed by atoms with Gasteiger partial charge in [-0.2, -0.15) is 0 Å². The van der Waals surface area contributed by atoms with Gasteiger partial charge in [-0.3, -0.25) is 0 Å². The van der Waals surface area contributed by atoms with Gasteiger partial charge in [0.05, 0.1) is 45.7 Å². The summed E-state index contributed by atoms with van der Waals surface area (Å²) in [6.07, 6.45) is -0.136. The van der Waals surface area contributed by atoms with Gasteiger partial charge in [-0.1, -0.05) is 0 Å². The minimum absolute atomic E-state index is 0.136. The zero-order valence-corrected chi connectivity index (χ0v) is 17.0. The van der Waals surface area contributed by atoms with Gasteiger partial charge < -0.3 is 28.4 Å². The SMILES string of the molecule is COc1ccc(C(OC)(OC(C)C)c2ccc(OC)cc2OC)c(OC)c1. The summed E-state index contributed by atoms with van der Waals surface area (Å²) in [7, 11) is 8.00. The molecule has 0 radical (unpaired) electrons. The smallest absolute Gasteiger partial charge is 0.229 e. The fourth-order valence-corrected chi connectivity index (χ4v) is 3.01. The minimum Gasteiger partial charge on any atom is -0.497 e. The van der Waals surface area contributed by atoms with Gasteiger partial charge in [0, 0.05) is 19.2 Å². The summed E-state index contributed by atoms with van der Waals surface area (Å²) in [6, 6.07) is 11.0. The molecule has 6 nitrogen and oxygen atoms in total.